The summed E-state index contributed by atoms with van der Waals surface area (Å²) in [5.74, 6) is 2.48. The Morgan fingerprint density at radius 3 is 2.53 bits per heavy atom. The molecule has 0 heterocycles. The van der Waals surface area contributed by atoms with Crippen molar-refractivity contribution >= 4 is 6.03 Å². The van der Waals surface area contributed by atoms with Crippen LogP contribution in [0.2, 0.25) is 0 Å². The molecule has 2 aliphatic carbocycles. The number of hydrogen-bond donors (Lipinski definition) is 2. The third-order valence-electron chi connectivity index (χ3n) is 4.59. The smallest absolute Gasteiger partial charge is 0.318 e. The SMILES string of the molecule is CC(NC(=O)N/C=C/C(C)(C)C)C1CC2CCC1C2. The number of carbonyl (C=O) groups is 1. The van der Waals surface area contributed by atoms with Crippen LogP contribution >= 0.6 is 0 Å². The van der Waals surface area contributed by atoms with Crippen LogP contribution in [0.4, 0.5) is 4.79 Å². The zero-order valence-corrected chi connectivity index (χ0v) is 12.7. The van der Waals surface area contributed by atoms with E-state index < -0.39 is 0 Å². The monoisotopic (exact) mass is 264 g/mol. The molecule has 4 atom stereocenters. The lowest BCUT2D eigenvalue weighted by Crippen LogP contribution is -2.43. The van der Waals surface area contributed by atoms with Crippen LogP contribution in [0.15, 0.2) is 12.3 Å². The van der Waals surface area contributed by atoms with Crippen molar-refractivity contribution in [1.82, 2.24) is 10.6 Å². The molecule has 4 unspecified atom stereocenters. The number of allylic oxidation sites excluding steroid dienone is 1. The highest BCUT2D eigenvalue weighted by atomic mass is 16.2. The van der Waals surface area contributed by atoms with Crippen molar-refractivity contribution in [3.8, 4) is 0 Å². The highest BCUT2D eigenvalue weighted by Crippen LogP contribution is 2.49. The van der Waals surface area contributed by atoms with E-state index in [4.69, 9.17) is 0 Å². The van der Waals surface area contributed by atoms with Crippen LogP contribution in [0.5, 0.6) is 0 Å². The van der Waals surface area contributed by atoms with E-state index in [-0.39, 0.29) is 11.4 Å². The third kappa shape index (κ3) is 3.99. The molecule has 108 valence electrons. The number of fused-ring (bicyclic) bond motifs is 2. The summed E-state index contributed by atoms with van der Waals surface area (Å²) < 4.78 is 0. The van der Waals surface area contributed by atoms with E-state index >= 15 is 0 Å². The molecule has 2 N–H and O–H groups in total. The van der Waals surface area contributed by atoms with E-state index in [9.17, 15) is 4.79 Å². The summed E-state index contributed by atoms with van der Waals surface area (Å²) in [6.07, 6.45) is 9.24. The van der Waals surface area contributed by atoms with Crippen molar-refractivity contribution < 1.29 is 4.79 Å². The Hall–Kier alpha value is -0.990. The van der Waals surface area contributed by atoms with Gasteiger partial charge in [-0.15, -0.1) is 0 Å². The maximum Gasteiger partial charge on any atom is 0.318 e. The highest BCUT2D eigenvalue weighted by molar-refractivity contribution is 5.75. The Bertz CT molecular complexity index is 356. The second kappa shape index (κ2) is 5.56. The Morgan fingerprint density at radius 2 is 2.00 bits per heavy atom. The van der Waals surface area contributed by atoms with Gasteiger partial charge in [0.25, 0.3) is 0 Å². The summed E-state index contributed by atoms with van der Waals surface area (Å²) >= 11 is 0. The molecule has 3 nitrogen and oxygen atoms in total. The Balaban J connectivity index is 1.75. The number of rotatable bonds is 3. The summed E-state index contributed by atoms with van der Waals surface area (Å²) in [6, 6.07) is 0.217. The molecule has 2 bridgehead atoms. The van der Waals surface area contributed by atoms with Crippen molar-refractivity contribution in [3.05, 3.63) is 12.3 Å². The van der Waals surface area contributed by atoms with Gasteiger partial charge in [0.15, 0.2) is 0 Å². The van der Waals surface area contributed by atoms with Crippen LogP contribution in [0.25, 0.3) is 0 Å². The van der Waals surface area contributed by atoms with E-state index in [1.165, 1.54) is 25.7 Å². The molecule has 2 saturated carbocycles. The van der Waals surface area contributed by atoms with Gasteiger partial charge < -0.3 is 10.6 Å². The molecule has 0 saturated heterocycles. The lowest BCUT2D eigenvalue weighted by Gasteiger charge is -2.28. The van der Waals surface area contributed by atoms with Crippen molar-refractivity contribution in [2.24, 2.45) is 23.2 Å². The van der Waals surface area contributed by atoms with E-state index in [0.717, 1.165) is 11.8 Å². The molecule has 0 aromatic rings. The van der Waals surface area contributed by atoms with Crippen molar-refractivity contribution in [2.45, 2.75) is 59.4 Å². The zero-order valence-electron chi connectivity index (χ0n) is 12.7. The van der Waals surface area contributed by atoms with Gasteiger partial charge in [-0.25, -0.2) is 4.79 Å². The van der Waals surface area contributed by atoms with Crippen LogP contribution < -0.4 is 10.6 Å². The first-order valence-corrected chi connectivity index (χ1v) is 7.60. The van der Waals surface area contributed by atoms with Crippen LogP contribution in [-0.2, 0) is 0 Å². The molecule has 2 fully saturated rings. The van der Waals surface area contributed by atoms with Gasteiger partial charge in [0.2, 0.25) is 0 Å². The first-order valence-electron chi connectivity index (χ1n) is 7.60. The molecule has 0 aromatic heterocycles. The van der Waals surface area contributed by atoms with Crippen molar-refractivity contribution in [2.75, 3.05) is 0 Å². The molecular formula is C16H28N2O. The molecule has 0 spiro atoms. The van der Waals surface area contributed by atoms with Gasteiger partial charge in [0, 0.05) is 12.2 Å². The average molecular weight is 264 g/mol. The molecule has 3 heteroatoms. The molecule has 2 aliphatic rings. The normalized spacial score (nSPS) is 31.7. The van der Waals surface area contributed by atoms with Crippen LogP contribution in [-0.4, -0.2) is 12.1 Å². The van der Waals surface area contributed by atoms with Crippen molar-refractivity contribution in [3.63, 3.8) is 0 Å². The minimum atomic E-state index is -0.0734. The minimum Gasteiger partial charge on any atom is -0.335 e. The molecular weight excluding hydrogens is 236 g/mol. The maximum absolute atomic E-state index is 11.8. The number of hydrogen-bond acceptors (Lipinski definition) is 1. The summed E-state index contributed by atoms with van der Waals surface area (Å²) in [7, 11) is 0. The number of urea groups is 1. The van der Waals surface area contributed by atoms with Crippen LogP contribution in [0.3, 0.4) is 0 Å². The van der Waals surface area contributed by atoms with E-state index in [1.54, 1.807) is 6.20 Å². The second-order valence-electron chi connectivity index (χ2n) is 7.44. The molecule has 0 aliphatic heterocycles. The summed E-state index contributed by atoms with van der Waals surface area (Å²) in [5, 5.41) is 5.90. The second-order valence-corrected chi connectivity index (χ2v) is 7.44. The van der Waals surface area contributed by atoms with Gasteiger partial charge >= 0.3 is 6.03 Å². The fourth-order valence-electron chi connectivity index (χ4n) is 3.63. The lowest BCUT2D eigenvalue weighted by atomic mass is 9.84. The first-order chi connectivity index (χ1) is 8.85. The molecule has 0 aromatic carbocycles. The minimum absolute atomic E-state index is 0.0734. The van der Waals surface area contributed by atoms with Crippen LogP contribution in [0.1, 0.15) is 53.4 Å². The standard InChI is InChI=1S/C16H28N2O/c1-11(14-10-12-5-6-13(14)9-12)18-15(19)17-8-7-16(2,3)4/h7-8,11-14H,5-6,9-10H2,1-4H3,(H2,17,18,19)/b8-7+. The van der Waals surface area contributed by atoms with Gasteiger partial charge in [-0.05, 0) is 49.4 Å². The summed E-state index contributed by atoms with van der Waals surface area (Å²) in [5.41, 5.74) is 0.101. The van der Waals surface area contributed by atoms with Gasteiger partial charge in [-0.2, -0.15) is 0 Å². The van der Waals surface area contributed by atoms with Gasteiger partial charge in [0.1, 0.15) is 0 Å². The molecule has 2 rings (SSSR count). The molecule has 0 radical (unpaired) electrons. The number of nitrogens with one attached hydrogen (secondary N) is 2. The highest BCUT2D eigenvalue weighted by Gasteiger charge is 2.42. The Morgan fingerprint density at radius 1 is 1.26 bits per heavy atom. The quantitative estimate of drug-likeness (QED) is 0.802. The van der Waals surface area contributed by atoms with Gasteiger partial charge in [0.05, 0.1) is 0 Å². The van der Waals surface area contributed by atoms with Crippen molar-refractivity contribution in [1.29, 1.82) is 0 Å². The fourth-order valence-corrected chi connectivity index (χ4v) is 3.63. The fraction of sp³-hybridized carbons (Fsp3) is 0.812. The lowest BCUT2D eigenvalue weighted by molar-refractivity contribution is 0.223. The maximum atomic E-state index is 11.8. The predicted molar refractivity (Wildman–Crippen MR) is 78.7 cm³/mol. The largest absolute Gasteiger partial charge is 0.335 e. The summed E-state index contributed by atoms with van der Waals surface area (Å²) in [4.78, 5) is 11.8. The van der Waals surface area contributed by atoms with Crippen LogP contribution in [0, 0.1) is 23.2 Å². The van der Waals surface area contributed by atoms with Gasteiger partial charge in [-0.1, -0.05) is 33.3 Å². The topological polar surface area (TPSA) is 41.1 Å². The average Bonchev–Trinajstić information content (AvgIpc) is 2.88. The van der Waals surface area contributed by atoms with E-state index in [2.05, 4.69) is 38.3 Å². The molecule has 2 amide bonds. The molecule has 19 heavy (non-hydrogen) atoms. The first kappa shape index (κ1) is 14.4. The van der Waals surface area contributed by atoms with E-state index in [1.807, 2.05) is 6.08 Å². The predicted octanol–water partition coefficient (Wildman–Crippen LogP) is 3.67. The summed E-state index contributed by atoms with van der Waals surface area (Å²) in [6.45, 7) is 8.49. The zero-order chi connectivity index (χ0) is 14.0. The third-order valence-corrected chi connectivity index (χ3v) is 4.59. The Labute approximate surface area is 117 Å². The number of amides is 2. The Kier molecular flexibility index (Phi) is 4.22. The van der Waals surface area contributed by atoms with Gasteiger partial charge in [-0.3, -0.25) is 0 Å². The van der Waals surface area contributed by atoms with E-state index in [0.29, 0.717) is 12.0 Å². The number of carbonyl (C=O) groups excluding carboxylic acids is 1.